The van der Waals surface area contributed by atoms with Crippen LogP contribution in [0, 0.1) is 0 Å². The molecule has 0 aliphatic carbocycles. The van der Waals surface area contributed by atoms with Crippen molar-refractivity contribution in [1.29, 1.82) is 0 Å². The van der Waals surface area contributed by atoms with Crippen LogP contribution in [0.3, 0.4) is 0 Å². The van der Waals surface area contributed by atoms with Crippen molar-refractivity contribution < 1.29 is 28.9 Å². The highest BCUT2D eigenvalue weighted by atomic mass is 16.7. The Balaban J connectivity index is 1.11. The second-order valence-corrected chi connectivity index (χ2v) is 13.4. The predicted molar refractivity (Wildman–Crippen MR) is 201 cm³/mol. The second-order valence-electron chi connectivity index (χ2n) is 13.4. The van der Waals surface area contributed by atoms with Crippen LogP contribution in [0.5, 0.6) is 0 Å². The number of rotatable bonds is 13. The molecule has 3 N–H and O–H groups in total. The average molecular weight is 702 g/mol. The van der Waals surface area contributed by atoms with E-state index >= 15 is 0 Å². The van der Waals surface area contributed by atoms with Gasteiger partial charge in [-0.15, -0.1) is 0 Å². The molecule has 1 saturated heterocycles. The van der Waals surface area contributed by atoms with Gasteiger partial charge in [0, 0.05) is 37.5 Å². The molecular weight excluding hydrogens is 654 g/mol. The molecular formula is C43H47N3O6. The molecule has 0 unspecified atom stereocenters. The van der Waals surface area contributed by atoms with Crippen molar-refractivity contribution in [2.45, 2.75) is 63.5 Å². The summed E-state index contributed by atoms with van der Waals surface area (Å²) < 4.78 is 18.1. The van der Waals surface area contributed by atoms with Crippen LogP contribution in [0.4, 0.5) is 4.79 Å². The SMILES string of the molecule is COC(=O)[C@H](Cc1ccccc1)NC(=O)NCc1ccc([C@@H]2O[C@H](CN(C)[C@H](C)c3ccc4ccccc4c3)C[C@H](c3ccc(CO)cc3)O2)cc1. The minimum atomic E-state index is -0.814. The number of ether oxygens (including phenoxy) is 3. The minimum Gasteiger partial charge on any atom is -0.467 e. The number of aliphatic hydroxyl groups excluding tert-OH is 1. The Hall–Kier alpha value is -5.06. The van der Waals surface area contributed by atoms with Crippen LogP contribution in [-0.4, -0.2) is 54.9 Å². The molecule has 1 heterocycles. The molecule has 1 aliphatic rings. The first-order chi connectivity index (χ1) is 25.3. The van der Waals surface area contributed by atoms with Gasteiger partial charge in [0.25, 0.3) is 0 Å². The Morgan fingerprint density at radius 3 is 2.21 bits per heavy atom. The first-order valence-electron chi connectivity index (χ1n) is 17.7. The maximum Gasteiger partial charge on any atom is 0.328 e. The number of esters is 1. The van der Waals surface area contributed by atoms with Crippen LogP contribution in [0.1, 0.15) is 65.2 Å². The normalized spacial score (nSPS) is 18.4. The standard InChI is InChI=1S/C43H47N3O6/c1-29(36-22-21-33-11-7-8-12-37(33)24-36)46(2)27-38-25-40(34-17-15-32(28-47)16-18-34)52-42(51-38)35-19-13-31(14-20-35)26-44-43(49)45-39(41(48)50-3)23-30-9-5-4-6-10-30/h4-22,24,29,38-40,42,47H,23,25-28H2,1-3H3,(H2,44,45,49)/t29-,38+,39+,40-,42-/m1/s1. The number of urea groups is 1. The van der Waals surface area contributed by atoms with Crippen molar-refractivity contribution in [2.75, 3.05) is 20.7 Å². The van der Waals surface area contributed by atoms with Crippen molar-refractivity contribution in [2.24, 2.45) is 0 Å². The van der Waals surface area contributed by atoms with Gasteiger partial charge in [0.15, 0.2) is 6.29 Å². The van der Waals surface area contributed by atoms with Gasteiger partial charge in [-0.1, -0.05) is 115 Å². The molecule has 5 aromatic carbocycles. The van der Waals surface area contributed by atoms with Gasteiger partial charge < -0.3 is 30.0 Å². The molecule has 0 bridgehead atoms. The Kier molecular flexibility index (Phi) is 12.3. The largest absolute Gasteiger partial charge is 0.467 e. The molecule has 9 heteroatoms. The molecule has 0 saturated carbocycles. The fraction of sp³-hybridized carbons (Fsp3) is 0.302. The number of amides is 2. The zero-order valence-corrected chi connectivity index (χ0v) is 29.9. The molecule has 5 aromatic rings. The van der Waals surface area contributed by atoms with Crippen molar-refractivity contribution in [1.82, 2.24) is 15.5 Å². The van der Waals surface area contributed by atoms with Crippen LogP contribution < -0.4 is 10.6 Å². The van der Waals surface area contributed by atoms with Gasteiger partial charge in [0.2, 0.25) is 0 Å². The zero-order chi connectivity index (χ0) is 36.5. The molecule has 9 nitrogen and oxygen atoms in total. The van der Waals surface area contributed by atoms with Gasteiger partial charge in [0.05, 0.1) is 25.9 Å². The highest BCUT2D eigenvalue weighted by Gasteiger charge is 2.33. The summed E-state index contributed by atoms with van der Waals surface area (Å²) in [6.45, 7) is 3.17. The van der Waals surface area contributed by atoms with E-state index in [-0.39, 0.29) is 31.4 Å². The van der Waals surface area contributed by atoms with E-state index in [1.807, 2.05) is 78.9 Å². The predicted octanol–water partition coefficient (Wildman–Crippen LogP) is 7.15. The fourth-order valence-electron chi connectivity index (χ4n) is 6.60. The van der Waals surface area contributed by atoms with E-state index in [4.69, 9.17) is 14.2 Å². The van der Waals surface area contributed by atoms with Crippen LogP contribution in [0.15, 0.2) is 121 Å². The van der Waals surface area contributed by atoms with Gasteiger partial charge >= 0.3 is 12.0 Å². The average Bonchev–Trinajstić information content (AvgIpc) is 3.19. The first kappa shape index (κ1) is 36.7. The van der Waals surface area contributed by atoms with Crippen molar-refractivity contribution in [3.05, 3.63) is 155 Å². The van der Waals surface area contributed by atoms with Gasteiger partial charge in [-0.05, 0) is 58.6 Å². The van der Waals surface area contributed by atoms with E-state index in [2.05, 4.69) is 72.0 Å². The number of nitrogens with one attached hydrogen (secondary N) is 2. The minimum absolute atomic E-state index is 0.0139. The van der Waals surface area contributed by atoms with Crippen molar-refractivity contribution in [3.8, 4) is 0 Å². The van der Waals surface area contributed by atoms with Gasteiger partial charge in [-0.2, -0.15) is 0 Å². The number of carbonyl (C=O) groups is 2. The maximum absolute atomic E-state index is 12.8. The quantitative estimate of drug-likeness (QED) is 0.112. The van der Waals surface area contributed by atoms with Crippen LogP contribution in [0.2, 0.25) is 0 Å². The summed E-state index contributed by atoms with van der Waals surface area (Å²) in [6, 6.07) is 39.1. The molecule has 0 aromatic heterocycles. The molecule has 270 valence electrons. The number of carbonyl (C=O) groups excluding carboxylic acids is 2. The Labute approximate surface area is 305 Å². The molecule has 1 fully saturated rings. The number of methoxy groups -OCH3 is 1. The third-order valence-electron chi connectivity index (χ3n) is 9.80. The highest BCUT2D eigenvalue weighted by molar-refractivity contribution is 5.84. The third-order valence-corrected chi connectivity index (χ3v) is 9.80. The number of aliphatic hydroxyl groups is 1. The molecule has 0 spiro atoms. The number of fused-ring (bicyclic) bond motifs is 1. The zero-order valence-electron chi connectivity index (χ0n) is 29.9. The molecule has 2 amide bonds. The van der Waals surface area contributed by atoms with Crippen molar-refractivity contribution in [3.63, 3.8) is 0 Å². The lowest BCUT2D eigenvalue weighted by Gasteiger charge is -2.39. The van der Waals surface area contributed by atoms with E-state index in [1.165, 1.54) is 23.4 Å². The highest BCUT2D eigenvalue weighted by Crippen LogP contribution is 2.39. The lowest BCUT2D eigenvalue weighted by molar-refractivity contribution is -0.253. The van der Waals surface area contributed by atoms with E-state index in [0.29, 0.717) is 19.4 Å². The summed E-state index contributed by atoms with van der Waals surface area (Å²) in [4.78, 5) is 27.5. The van der Waals surface area contributed by atoms with Gasteiger partial charge in [0.1, 0.15) is 6.04 Å². The number of nitrogens with zero attached hydrogens (tertiary/aromatic N) is 1. The number of likely N-dealkylation sites (N-methyl/N-ethyl adjacent to an activating group) is 1. The number of hydrogen-bond donors (Lipinski definition) is 3. The Bertz CT molecular complexity index is 1920. The Morgan fingerprint density at radius 1 is 0.827 bits per heavy atom. The maximum atomic E-state index is 12.8. The number of benzene rings is 5. The van der Waals surface area contributed by atoms with E-state index in [1.54, 1.807) is 0 Å². The summed E-state index contributed by atoms with van der Waals surface area (Å²) in [5.74, 6) is -0.508. The smallest absolute Gasteiger partial charge is 0.328 e. The summed E-state index contributed by atoms with van der Waals surface area (Å²) in [5.41, 5.74) is 5.79. The van der Waals surface area contributed by atoms with Gasteiger partial charge in [-0.3, -0.25) is 4.90 Å². The topological polar surface area (TPSA) is 109 Å². The first-order valence-corrected chi connectivity index (χ1v) is 17.7. The summed E-state index contributed by atoms with van der Waals surface area (Å²) >= 11 is 0. The van der Waals surface area contributed by atoms with Crippen LogP contribution >= 0.6 is 0 Å². The molecule has 6 rings (SSSR count). The Morgan fingerprint density at radius 2 is 1.50 bits per heavy atom. The number of hydrogen-bond acceptors (Lipinski definition) is 7. The molecule has 5 atom stereocenters. The van der Waals surface area contributed by atoms with E-state index in [0.717, 1.165) is 27.8 Å². The molecule has 1 aliphatic heterocycles. The second kappa shape index (κ2) is 17.4. The fourth-order valence-corrected chi connectivity index (χ4v) is 6.60. The van der Waals surface area contributed by atoms with Crippen molar-refractivity contribution >= 4 is 22.8 Å². The summed E-state index contributed by atoms with van der Waals surface area (Å²) in [7, 11) is 3.44. The summed E-state index contributed by atoms with van der Waals surface area (Å²) in [5, 5.41) is 17.6. The van der Waals surface area contributed by atoms with E-state index in [9.17, 15) is 14.7 Å². The van der Waals surface area contributed by atoms with E-state index < -0.39 is 24.3 Å². The van der Waals surface area contributed by atoms with Crippen LogP contribution in [-0.2, 0) is 38.6 Å². The summed E-state index contributed by atoms with van der Waals surface area (Å²) in [6.07, 6.45) is 0.0811. The third kappa shape index (κ3) is 9.43. The molecule has 0 radical (unpaired) electrons. The monoisotopic (exact) mass is 701 g/mol. The molecule has 52 heavy (non-hydrogen) atoms. The lowest BCUT2D eigenvalue weighted by Crippen LogP contribution is -2.47. The van der Waals surface area contributed by atoms with Gasteiger partial charge in [-0.25, -0.2) is 9.59 Å². The van der Waals surface area contributed by atoms with Crippen LogP contribution in [0.25, 0.3) is 10.8 Å². The lowest BCUT2D eigenvalue weighted by atomic mass is 9.98.